The van der Waals surface area contributed by atoms with Crippen LogP contribution in [0.3, 0.4) is 0 Å². The maximum atomic E-state index is 5.59. The normalized spacial score (nSPS) is 15.3. The van der Waals surface area contributed by atoms with Crippen LogP contribution in [-0.4, -0.2) is 65.0 Å². The number of hydrogen-bond donors (Lipinski definition) is 0. The average molecular weight is 492 g/mol. The Hall–Kier alpha value is -1.70. The summed E-state index contributed by atoms with van der Waals surface area (Å²) >= 11 is 4.18. The van der Waals surface area contributed by atoms with Gasteiger partial charge in [0.1, 0.15) is 0 Å². The van der Waals surface area contributed by atoms with E-state index in [-0.39, 0.29) is 4.08 Å². The highest BCUT2D eigenvalue weighted by Gasteiger charge is 2.36. The van der Waals surface area contributed by atoms with Crippen molar-refractivity contribution in [2.24, 2.45) is 0 Å². The molecule has 182 valence electrons. The van der Waals surface area contributed by atoms with Crippen molar-refractivity contribution >= 4 is 23.5 Å². The standard InChI is InChI=1S/C26H37NO4S2/c1-27(15-12-20-8-10-22(28-2)24(18-20)30-4)14-6-13-26(32-16-7-17-33-26)21-9-11-23(29-3)25(19-21)31-5/h8-11,18-19H,6-7,12-17H2,1-5H3. The van der Waals surface area contributed by atoms with Crippen LogP contribution in [0.4, 0.5) is 0 Å². The number of benzene rings is 2. The summed E-state index contributed by atoms with van der Waals surface area (Å²) in [5.74, 6) is 5.58. The Balaban J connectivity index is 1.58. The highest BCUT2D eigenvalue weighted by atomic mass is 32.2. The molecular formula is C26H37NO4S2. The summed E-state index contributed by atoms with van der Waals surface area (Å²) in [6.07, 6.45) is 4.55. The van der Waals surface area contributed by atoms with Gasteiger partial charge in [-0.05, 0) is 86.2 Å². The van der Waals surface area contributed by atoms with Crippen LogP contribution < -0.4 is 18.9 Å². The largest absolute Gasteiger partial charge is 0.493 e. The quantitative estimate of drug-likeness (QED) is 0.377. The number of methoxy groups -OCH3 is 4. The van der Waals surface area contributed by atoms with Crippen molar-refractivity contribution in [3.63, 3.8) is 0 Å². The fraction of sp³-hybridized carbons (Fsp3) is 0.538. The van der Waals surface area contributed by atoms with Gasteiger partial charge in [-0.3, -0.25) is 0 Å². The smallest absolute Gasteiger partial charge is 0.161 e. The van der Waals surface area contributed by atoms with Crippen LogP contribution in [0.1, 0.15) is 30.4 Å². The number of hydrogen-bond acceptors (Lipinski definition) is 7. The molecule has 1 heterocycles. The van der Waals surface area contributed by atoms with E-state index in [4.69, 9.17) is 18.9 Å². The summed E-state index contributed by atoms with van der Waals surface area (Å²) in [7, 11) is 8.97. The molecule has 1 aliphatic heterocycles. The molecule has 7 heteroatoms. The molecule has 0 spiro atoms. The Morgan fingerprint density at radius 3 is 2.03 bits per heavy atom. The second kappa shape index (κ2) is 12.7. The molecule has 0 amide bonds. The Kier molecular flexibility index (Phi) is 9.95. The van der Waals surface area contributed by atoms with Crippen LogP contribution in [0.5, 0.6) is 23.0 Å². The fourth-order valence-electron chi connectivity index (χ4n) is 4.15. The molecule has 33 heavy (non-hydrogen) atoms. The van der Waals surface area contributed by atoms with E-state index in [0.717, 1.165) is 55.4 Å². The van der Waals surface area contributed by atoms with Gasteiger partial charge >= 0.3 is 0 Å². The SMILES string of the molecule is COc1ccc(CCN(C)CCCC2(c3ccc(OC)c(OC)c3)SCCCS2)cc1OC. The second-order valence-corrected chi connectivity index (χ2v) is 11.3. The summed E-state index contributed by atoms with van der Waals surface area (Å²) in [5, 5.41) is 0. The first-order valence-electron chi connectivity index (χ1n) is 11.4. The van der Waals surface area contributed by atoms with Crippen molar-refractivity contribution in [1.29, 1.82) is 0 Å². The van der Waals surface area contributed by atoms with Gasteiger partial charge in [-0.15, -0.1) is 23.5 Å². The van der Waals surface area contributed by atoms with E-state index in [1.165, 1.54) is 29.1 Å². The fourth-order valence-corrected chi connectivity index (χ4v) is 7.57. The molecule has 0 saturated carbocycles. The molecule has 0 N–H and O–H groups in total. The number of ether oxygens (including phenoxy) is 4. The van der Waals surface area contributed by atoms with Crippen molar-refractivity contribution in [2.75, 3.05) is 60.1 Å². The number of rotatable bonds is 12. The molecule has 2 aromatic rings. The monoisotopic (exact) mass is 491 g/mol. The minimum atomic E-state index is 0.0853. The van der Waals surface area contributed by atoms with Crippen molar-refractivity contribution in [3.8, 4) is 23.0 Å². The Morgan fingerprint density at radius 1 is 0.788 bits per heavy atom. The average Bonchev–Trinajstić information content (AvgIpc) is 2.87. The first kappa shape index (κ1) is 25.9. The highest BCUT2D eigenvalue weighted by Crippen LogP contribution is 2.54. The van der Waals surface area contributed by atoms with Gasteiger partial charge in [0.2, 0.25) is 0 Å². The van der Waals surface area contributed by atoms with E-state index < -0.39 is 0 Å². The van der Waals surface area contributed by atoms with Gasteiger partial charge in [0, 0.05) is 6.54 Å². The highest BCUT2D eigenvalue weighted by molar-refractivity contribution is 8.18. The third-order valence-electron chi connectivity index (χ3n) is 6.06. The Bertz CT molecular complexity index is 887. The Morgan fingerprint density at radius 2 is 1.39 bits per heavy atom. The molecule has 0 radical (unpaired) electrons. The first-order chi connectivity index (χ1) is 16.0. The molecule has 0 aliphatic carbocycles. The summed E-state index contributed by atoms with van der Waals surface area (Å²) in [4.78, 5) is 2.43. The van der Waals surface area contributed by atoms with E-state index >= 15 is 0 Å². The zero-order chi connectivity index (χ0) is 23.7. The summed E-state index contributed by atoms with van der Waals surface area (Å²) < 4.78 is 21.9. The lowest BCUT2D eigenvalue weighted by molar-refractivity contribution is 0.327. The molecule has 5 nitrogen and oxygen atoms in total. The van der Waals surface area contributed by atoms with Crippen LogP contribution in [0.15, 0.2) is 36.4 Å². The third kappa shape index (κ3) is 6.67. The van der Waals surface area contributed by atoms with E-state index in [1.54, 1.807) is 28.4 Å². The second-order valence-electron chi connectivity index (χ2n) is 8.22. The molecule has 1 fully saturated rings. The summed E-state index contributed by atoms with van der Waals surface area (Å²) in [6, 6.07) is 12.6. The van der Waals surface area contributed by atoms with Gasteiger partial charge in [0.05, 0.1) is 32.5 Å². The minimum absolute atomic E-state index is 0.0853. The predicted molar refractivity (Wildman–Crippen MR) is 141 cm³/mol. The van der Waals surface area contributed by atoms with Crippen LogP contribution in [0.2, 0.25) is 0 Å². The van der Waals surface area contributed by atoms with E-state index in [9.17, 15) is 0 Å². The summed E-state index contributed by atoms with van der Waals surface area (Å²) in [6.45, 7) is 2.09. The molecular weight excluding hydrogens is 454 g/mol. The van der Waals surface area contributed by atoms with Gasteiger partial charge in [0.25, 0.3) is 0 Å². The Labute approximate surface area is 207 Å². The lowest BCUT2D eigenvalue weighted by atomic mass is 10.1. The summed E-state index contributed by atoms with van der Waals surface area (Å²) in [5.41, 5.74) is 2.60. The third-order valence-corrected chi connectivity index (χ3v) is 9.56. The number of thioether (sulfide) groups is 2. The zero-order valence-electron chi connectivity index (χ0n) is 20.5. The first-order valence-corrected chi connectivity index (χ1v) is 13.4. The van der Waals surface area contributed by atoms with Crippen molar-refractivity contribution in [2.45, 2.75) is 29.8 Å². The van der Waals surface area contributed by atoms with Crippen molar-refractivity contribution in [1.82, 2.24) is 4.90 Å². The van der Waals surface area contributed by atoms with Crippen LogP contribution in [-0.2, 0) is 10.5 Å². The maximum Gasteiger partial charge on any atom is 0.161 e. The predicted octanol–water partition coefficient (Wildman–Crippen LogP) is 5.70. The zero-order valence-corrected chi connectivity index (χ0v) is 22.2. The number of nitrogens with zero attached hydrogens (tertiary/aromatic N) is 1. The van der Waals surface area contributed by atoms with Crippen molar-refractivity contribution < 1.29 is 18.9 Å². The van der Waals surface area contributed by atoms with Gasteiger partial charge in [-0.25, -0.2) is 0 Å². The molecule has 1 aliphatic rings. The van der Waals surface area contributed by atoms with E-state index in [1.807, 2.05) is 12.1 Å². The van der Waals surface area contributed by atoms with E-state index in [0.29, 0.717) is 0 Å². The van der Waals surface area contributed by atoms with Crippen LogP contribution in [0.25, 0.3) is 0 Å². The van der Waals surface area contributed by atoms with Gasteiger partial charge in [-0.2, -0.15) is 0 Å². The molecule has 0 atom stereocenters. The van der Waals surface area contributed by atoms with E-state index in [2.05, 4.69) is 59.7 Å². The van der Waals surface area contributed by atoms with Crippen LogP contribution >= 0.6 is 23.5 Å². The lowest BCUT2D eigenvalue weighted by Gasteiger charge is -2.37. The molecule has 3 rings (SSSR count). The maximum absolute atomic E-state index is 5.59. The molecule has 0 aromatic heterocycles. The molecule has 0 unspecified atom stereocenters. The molecule has 1 saturated heterocycles. The van der Waals surface area contributed by atoms with Crippen molar-refractivity contribution in [3.05, 3.63) is 47.5 Å². The topological polar surface area (TPSA) is 40.2 Å². The minimum Gasteiger partial charge on any atom is -0.493 e. The van der Waals surface area contributed by atoms with Gasteiger partial charge in [0.15, 0.2) is 23.0 Å². The van der Waals surface area contributed by atoms with Crippen LogP contribution in [0, 0.1) is 0 Å². The molecule has 2 aromatic carbocycles. The molecule has 0 bridgehead atoms. The van der Waals surface area contributed by atoms with Gasteiger partial charge < -0.3 is 23.8 Å². The number of likely N-dealkylation sites (N-methyl/N-ethyl adjacent to an activating group) is 1. The lowest BCUT2D eigenvalue weighted by Crippen LogP contribution is -2.27. The van der Waals surface area contributed by atoms with Gasteiger partial charge in [-0.1, -0.05) is 12.1 Å².